The summed E-state index contributed by atoms with van der Waals surface area (Å²) < 4.78 is 0. The Hall–Kier alpha value is -1.09. The van der Waals surface area contributed by atoms with E-state index in [0.717, 1.165) is 23.5 Å². The highest BCUT2D eigenvalue weighted by Crippen LogP contribution is 2.39. The van der Waals surface area contributed by atoms with Crippen molar-refractivity contribution in [3.63, 3.8) is 0 Å². The molecular formula is C13H19N3. The number of pyridine rings is 1. The van der Waals surface area contributed by atoms with Crippen LogP contribution in [0.25, 0.3) is 0 Å². The molecule has 1 saturated heterocycles. The van der Waals surface area contributed by atoms with Crippen molar-refractivity contribution >= 4 is 5.82 Å². The van der Waals surface area contributed by atoms with Crippen LogP contribution in [0.4, 0.5) is 5.82 Å². The molecule has 3 rings (SSSR count). The maximum atomic E-state index is 5.72. The summed E-state index contributed by atoms with van der Waals surface area (Å²) in [6.07, 6.45) is 4.13. The summed E-state index contributed by atoms with van der Waals surface area (Å²) in [6, 6.07) is 4.98. The van der Waals surface area contributed by atoms with E-state index in [1.54, 1.807) is 0 Å². The maximum absolute atomic E-state index is 5.72. The molecule has 2 heterocycles. The molecule has 1 saturated carbocycles. The fourth-order valence-electron chi connectivity index (χ4n) is 3.19. The Morgan fingerprint density at radius 1 is 1.44 bits per heavy atom. The largest absolute Gasteiger partial charge is 0.353 e. The number of hydrogen-bond acceptors (Lipinski definition) is 3. The first-order valence-electron chi connectivity index (χ1n) is 6.20. The van der Waals surface area contributed by atoms with Gasteiger partial charge in [0.05, 0.1) is 0 Å². The number of aromatic nitrogens is 1. The number of hydrogen-bond donors (Lipinski definition) is 1. The summed E-state index contributed by atoms with van der Waals surface area (Å²) in [5.74, 6) is 2.06. The minimum atomic E-state index is 0.609. The van der Waals surface area contributed by atoms with Crippen LogP contribution in [0.2, 0.25) is 0 Å². The van der Waals surface area contributed by atoms with Gasteiger partial charge in [-0.05, 0) is 49.8 Å². The van der Waals surface area contributed by atoms with Crippen LogP contribution in [0.15, 0.2) is 12.1 Å². The lowest BCUT2D eigenvalue weighted by Crippen LogP contribution is -2.32. The Labute approximate surface area is 96.7 Å². The molecule has 2 atom stereocenters. The normalized spacial score (nSPS) is 27.8. The number of piperidine rings is 1. The monoisotopic (exact) mass is 217 g/mol. The topological polar surface area (TPSA) is 42.1 Å². The second kappa shape index (κ2) is 3.74. The number of rotatable bonds is 2. The summed E-state index contributed by atoms with van der Waals surface area (Å²) in [6.45, 7) is 3.86. The van der Waals surface area contributed by atoms with Crippen LogP contribution in [0.1, 0.15) is 30.5 Å². The molecule has 2 fully saturated rings. The molecule has 86 valence electrons. The molecule has 2 unspecified atom stereocenters. The highest BCUT2D eigenvalue weighted by molar-refractivity contribution is 5.45. The lowest BCUT2D eigenvalue weighted by atomic mass is 10.1. The van der Waals surface area contributed by atoms with Crippen molar-refractivity contribution in [3.05, 3.63) is 23.4 Å². The average molecular weight is 217 g/mol. The predicted molar refractivity (Wildman–Crippen MR) is 65.3 cm³/mol. The van der Waals surface area contributed by atoms with Gasteiger partial charge in [0.25, 0.3) is 0 Å². The van der Waals surface area contributed by atoms with Crippen LogP contribution in [0, 0.1) is 12.8 Å². The number of aryl methyl sites for hydroxylation is 1. The van der Waals surface area contributed by atoms with Crippen LogP contribution >= 0.6 is 0 Å². The summed E-state index contributed by atoms with van der Waals surface area (Å²) >= 11 is 0. The standard InChI is InChI=1S/C13H19N3/c1-9-4-11(7-14)6-13(15-9)16-8-10-2-3-12(16)5-10/h4,6,10,12H,2-3,5,7-8,14H2,1H3. The second-order valence-corrected chi connectivity index (χ2v) is 5.16. The van der Waals surface area contributed by atoms with Gasteiger partial charge >= 0.3 is 0 Å². The number of nitrogens with two attached hydrogens (primary N) is 1. The minimum Gasteiger partial charge on any atom is -0.353 e. The third-order valence-corrected chi connectivity index (χ3v) is 3.94. The molecule has 0 radical (unpaired) electrons. The van der Waals surface area contributed by atoms with Crippen molar-refractivity contribution in [2.45, 2.75) is 38.8 Å². The summed E-state index contributed by atoms with van der Waals surface area (Å²) in [4.78, 5) is 7.14. The zero-order valence-electron chi connectivity index (χ0n) is 9.82. The van der Waals surface area contributed by atoms with Crippen molar-refractivity contribution in [2.24, 2.45) is 11.7 Å². The van der Waals surface area contributed by atoms with E-state index in [2.05, 4.69) is 28.9 Å². The average Bonchev–Trinajstić information content (AvgIpc) is 2.89. The molecule has 1 aromatic rings. The molecule has 2 aliphatic rings. The van der Waals surface area contributed by atoms with Gasteiger partial charge in [-0.15, -0.1) is 0 Å². The summed E-state index contributed by atoms with van der Waals surface area (Å²) in [7, 11) is 0. The number of anilines is 1. The van der Waals surface area contributed by atoms with Crippen LogP contribution in [-0.2, 0) is 6.54 Å². The van der Waals surface area contributed by atoms with Crippen molar-refractivity contribution in [3.8, 4) is 0 Å². The molecule has 16 heavy (non-hydrogen) atoms. The van der Waals surface area contributed by atoms with Gasteiger partial charge in [-0.2, -0.15) is 0 Å². The van der Waals surface area contributed by atoms with Gasteiger partial charge < -0.3 is 10.6 Å². The van der Waals surface area contributed by atoms with Crippen LogP contribution in [0.5, 0.6) is 0 Å². The van der Waals surface area contributed by atoms with Crippen molar-refractivity contribution in [2.75, 3.05) is 11.4 Å². The first kappa shape index (κ1) is 10.1. The summed E-state index contributed by atoms with van der Waals surface area (Å²) in [5.41, 5.74) is 8.00. The Kier molecular flexibility index (Phi) is 2.36. The lowest BCUT2D eigenvalue weighted by molar-refractivity contribution is 0.550. The highest BCUT2D eigenvalue weighted by atomic mass is 15.2. The smallest absolute Gasteiger partial charge is 0.129 e. The minimum absolute atomic E-state index is 0.609. The van der Waals surface area contributed by atoms with Crippen LogP contribution < -0.4 is 10.6 Å². The number of nitrogens with zero attached hydrogens (tertiary/aromatic N) is 2. The van der Waals surface area contributed by atoms with Gasteiger partial charge in [-0.1, -0.05) is 0 Å². The van der Waals surface area contributed by atoms with Crippen LogP contribution in [-0.4, -0.2) is 17.6 Å². The first-order chi connectivity index (χ1) is 7.76. The molecule has 3 nitrogen and oxygen atoms in total. The Bertz CT molecular complexity index is 402. The van der Waals surface area contributed by atoms with Crippen LogP contribution in [0.3, 0.4) is 0 Å². The quantitative estimate of drug-likeness (QED) is 0.822. The molecular weight excluding hydrogens is 198 g/mol. The van der Waals surface area contributed by atoms with Gasteiger partial charge in [0.2, 0.25) is 0 Å². The molecule has 1 aliphatic heterocycles. The van der Waals surface area contributed by atoms with Crippen molar-refractivity contribution in [1.29, 1.82) is 0 Å². The van der Waals surface area contributed by atoms with E-state index in [9.17, 15) is 0 Å². The predicted octanol–water partition coefficient (Wildman–Crippen LogP) is 1.84. The lowest BCUT2D eigenvalue weighted by Gasteiger charge is -2.28. The van der Waals surface area contributed by atoms with E-state index in [1.165, 1.54) is 31.4 Å². The Balaban J connectivity index is 1.91. The first-order valence-corrected chi connectivity index (χ1v) is 6.20. The third-order valence-electron chi connectivity index (χ3n) is 3.94. The van der Waals surface area contributed by atoms with Gasteiger partial charge in [-0.3, -0.25) is 0 Å². The Morgan fingerprint density at radius 2 is 2.31 bits per heavy atom. The SMILES string of the molecule is Cc1cc(CN)cc(N2CC3CCC2C3)n1. The molecule has 2 bridgehead atoms. The zero-order valence-corrected chi connectivity index (χ0v) is 9.82. The molecule has 0 amide bonds. The Morgan fingerprint density at radius 3 is 2.94 bits per heavy atom. The van der Waals surface area contributed by atoms with Gasteiger partial charge in [0, 0.05) is 24.8 Å². The molecule has 3 heteroatoms. The summed E-state index contributed by atoms with van der Waals surface area (Å²) in [5, 5.41) is 0. The molecule has 2 N–H and O–H groups in total. The van der Waals surface area contributed by atoms with E-state index in [-0.39, 0.29) is 0 Å². The van der Waals surface area contributed by atoms with E-state index in [1.807, 2.05) is 0 Å². The van der Waals surface area contributed by atoms with Gasteiger partial charge in [0.1, 0.15) is 5.82 Å². The molecule has 1 aromatic heterocycles. The van der Waals surface area contributed by atoms with Gasteiger partial charge in [-0.25, -0.2) is 4.98 Å². The zero-order chi connectivity index (χ0) is 11.1. The molecule has 1 aliphatic carbocycles. The van der Waals surface area contributed by atoms with E-state index < -0.39 is 0 Å². The van der Waals surface area contributed by atoms with Crippen molar-refractivity contribution < 1.29 is 0 Å². The molecule has 0 aromatic carbocycles. The second-order valence-electron chi connectivity index (χ2n) is 5.16. The van der Waals surface area contributed by atoms with E-state index in [0.29, 0.717) is 6.54 Å². The fraction of sp³-hybridized carbons (Fsp3) is 0.615. The number of fused-ring (bicyclic) bond motifs is 2. The maximum Gasteiger partial charge on any atom is 0.129 e. The van der Waals surface area contributed by atoms with E-state index >= 15 is 0 Å². The fourth-order valence-corrected chi connectivity index (χ4v) is 3.19. The third kappa shape index (κ3) is 1.59. The highest BCUT2D eigenvalue weighted by Gasteiger charge is 2.38. The van der Waals surface area contributed by atoms with Crippen molar-refractivity contribution in [1.82, 2.24) is 4.98 Å². The van der Waals surface area contributed by atoms with Gasteiger partial charge in [0.15, 0.2) is 0 Å². The van der Waals surface area contributed by atoms with E-state index in [4.69, 9.17) is 5.73 Å². The molecule has 0 spiro atoms.